The van der Waals surface area contributed by atoms with Crippen LogP contribution in [-0.4, -0.2) is 0 Å². The Morgan fingerprint density at radius 1 is 1.33 bits per heavy atom. The summed E-state index contributed by atoms with van der Waals surface area (Å²) in [7, 11) is 0. The van der Waals surface area contributed by atoms with E-state index in [1.165, 1.54) is 0 Å². The lowest BCUT2D eigenvalue weighted by molar-refractivity contribution is 0.775. The van der Waals surface area contributed by atoms with Gasteiger partial charge in [0.25, 0.3) is 0 Å². The Morgan fingerprint density at radius 2 is 2.11 bits per heavy atom. The zero-order valence-electron chi connectivity index (χ0n) is 6.02. The molecule has 9 heavy (non-hydrogen) atoms. The second-order valence-corrected chi connectivity index (χ2v) is 2.64. The summed E-state index contributed by atoms with van der Waals surface area (Å²) < 4.78 is 0. The lowest BCUT2D eigenvalue weighted by atomic mass is 10.1. The highest BCUT2D eigenvalue weighted by Gasteiger charge is 1.97. The topological polar surface area (TPSA) is 0 Å². The van der Waals surface area contributed by atoms with Crippen LogP contribution in [0, 0.1) is 23.7 Å². The Kier molecular flexibility index (Phi) is 1.95. The van der Waals surface area contributed by atoms with Crippen LogP contribution in [0.25, 0.3) is 0 Å². The monoisotopic (exact) mass is 120 g/mol. The van der Waals surface area contributed by atoms with Crippen molar-refractivity contribution in [1.29, 1.82) is 0 Å². The molecule has 0 saturated carbocycles. The molecule has 0 aromatic rings. The van der Waals surface area contributed by atoms with Crippen LogP contribution in [0.15, 0.2) is 12.2 Å². The first kappa shape index (κ1) is 6.42. The molecule has 0 fully saturated rings. The van der Waals surface area contributed by atoms with Gasteiger partial charge >= 0.3 is 0 Å². The van der Waals surface area contributed by atoms with Crippen LogP contribution in [0.3, 0.4) is 0 Å². The van der Waals surface area contributed by atoms with Crippen molar-refractivity contribution in [3.63, 3.8) is 0 Å². The standard InChI is InChI=1S/C9H12/c1-8-4-3-5-9(2)7-6-8/h3-4,8-9H,5H2,1-2H3/t8-,9-/m0/s1. The maximum Gasteiger partial charge on any atom is 0.0354 e. The minimum Gasteiger partial charge on any atom is -0.0993 e. The predicted molar refractivity (Wildman–Crippen MR) is 39.9 cm³/mol. The summed E-state index contributed by atoms with van der Waals surface area (Å²) >= 11 is 0. The average molecular weight is 120 g/mol. The third-order valence-electron chi connectivity index (χ3n) is 1.47. The Bertz CT molecular complexity index is 166. The molecule has 0 saturated heterocycles. The van der Waals surface area contributed by atoms with Crippen LogP contribution >= 0.6 is 0 Å². The highest BCUT2D eigenvalue weighted by Crippen LogP contribution is 2.07. The summed E-state index contributed by atoms with van der Waals surface area (Å²) in [5.74, 6) is 7.37. The van der Waals surface area contributed by atoms with Crippen LogP contribution in [0.5, 0.6) is 0 Å². The maximum absolute atomic E-state index is 3.18. The van der Waals surface area contributed by atoms with Crippen LogP contribution in [0.4, 0.5) is 0 Å². The molecule has 0 N–H and O–H groups in total. The van der Waals surface area contributed by atoms with E-state index >= 15 is 0 Å². The summed E-state index contributed by atoms with van der Waals surface area (Å²) in [5.41, 5.74) is 0. The molecule has 0 heterocycles. The molecule has 0 spiro atoms. The average Bonchev–Trinajstić information content (AvgIpc) is 1.97. The second kappa shape index (κ2) is 2.73. The highest BCUT2D eigenvalue weighted by molar-refractivity contribution is 5.15. The molecule has 0 nitrogen and oxygen atoms in total. The Labute approximate surface area is 57.0 Å². The fourth-order valence-electron chi connectivity index (χ4n) is 0.868. The summed E-state index contributed by atoms with van der Waals surface area (Å²) in [6.45, 7) is 4.29. The van der Waals surface area contributed by atoms with E-state index in [9.17, 15) is 0 Å². The van der Waals surface area contributed by atoms with E-state index in [1.54, 1.807) is 0 Å². The zero-order valence-corrected chi connectivity index (χ0v) is 6.02. The van der Waals surface area contributed by atoms with Gasteiger partial charge in [0.2, 0.25) is 0 Å². The van der Waals surface area contributed by atoms with E-state index in [0.29, 0.717) is 11.8 Å². The molecule has 0 amide bonds. The third-order valence-corrected chi connectivity index (χ3v) is 1.47. The first-order valence-electron chi connectivity index (χ1n) is 3.47. The fraction of sp³-hybridized carbons (Fsp3) is 0.556. The second-order valence-electron chi connectivity index (χ2n) is 2.64. The SMILES string of the molecule is C[C@@H]1C#C[C@@H](C)CC=C1. The number of hydrogen-bond acceptors (Lipinski definition) is 0. The van der Waals surface area contributed by atoms with Gasteiger partial charge in [0, 0.05) is 11.8 Å². The van der Waals surface area contributed by atoms with Gasteiger partial charge in [-0.15, -0.1) is 0 Å². The van der Waals surface area contributed by atoms with Gasteiger partial charge in [0.1, 0.15) is 0 Å². The molecule has 0 aliphatic heterocycles. The van der Waals surface area contributed by atoms with Gasteiger partial charge in [-0.05, 0) is 13.3 Å². The van der Waals surface area contributed by atoms with Crippen LogP contribution in [0.2, 0.25) is 0 Å². The molecule has 0 aromatic heterocycles. The van der Waals surface area contributed by atoms with Crippen molar-refractivity contribution in [2.45, 2.75) is 20.3 Å². The molecule has 48 valence electrons. The van der Waals surface area contributed by atoms with Gasteiger partial charge in [-0.3, -0.25) is 0 Å². The van der Waals surface area contributed by atoms with Crippen molar-refractivity contribution >= 4 is 0 Å². The van der Waals surface area contributed by atoms with Gasteiger partial charge in [0.15, 0.2) is 0 Å². The number of allylic oxidation sites excluding steroid dienone is 2. The number of hydrogen-bond donors (Lipinski definition) is 0. The van der Waals surface area contributed by atoms with Crippen molar-refractivity contribution in [3.05, 3.63) is 12.2 Å². The molecule has 1 aliphatic rings. The predicted octanol–water partition coefficient (Wildman–Crippen LogP) is 2.22. The summed E-state index contributed by atoms with van der Waals surface area (Å²) in [6.07, 6.45) is 5.51. The minimum atomic E-state index is 0.468. The van der Waals surface area contributed by atoms with Gasteiger partial charge in [0.05, 0.1) is 0 Å². The molecule has 1 aliphatic carbocycles. The fourth-order valence-corrected chi connectivity index (χ4v) is 0.868. The van der Waals surface area contributed by atoms with Gasteiger partial charge in [-0.1, -0.05) is 30.9 Å². The lowest BCUT2D eigenvalue weighted by Gasteiger charge is -1.92. The van der Waals surface area contributed by atoms with Crippen molar-refractivity contribution in [3.8, 4) is 11.8 Å². The summed E-state index contributed by atoms with van der Waals surface area (Å²) in [5, 5.41) is 0. The Morgan fingerprint density at radius 3 is 2.89 bits per heavy atom. The smallest absolute Gasteiger partial charge is 0.0354 e. The largest absolute Gasteiger partial charge is 0.0993 e. The van der Waals surface area contributed by atoms with E-state index < -0.39 is 0 Å². The van der Waals surface area contributed by atoms with E-state index in [0.717, 1.165) is 6.42 Å². The molecular weight excluding hydrogens is 108 g/mol. The van der Waals surface area contributed by atoms with Crippen LogP contribution in [0.1, 0.15) is 20.3 Å². The molecule has 1 rings (SSSR count). The zero-order chi connectivity index (χ0) is 6.69. The maximum atomic E-state index is 3.18. The lowest BCUT2D eigenvalue weighted by Crippen LogP contribution is -1.84. The van der Waals surface area contributed by atoms with E-state index in [2.05, 4.69) is 37.8 Å². The quantitative estimate of drug-likeness (QED) is 0.339. The van der Waals surface area contributed by atoms with E-state index in [4.69, 9.17) is 0 Å². The van der Waals surface area contributed by atoms with E-state index in [1.807, 2.05) is 0 Å². The van der Waals surface area contributed by atoms with Crippen LogP contribution < -0.4 is 0 Å². The number of rotatable bonds is 0. The van der Waals surface area contributed by atoms with Gasteiger partial charge < -0.3 is 0 Å². The molecule has 0 aromatic carbocycles. The van der Waals surface area contributed by atoms with E-state index in [-0.39, 0.29) is 0 Å². The third kappa shape index (κ3) is 1.93. The molecule has 2 atom stereocenters. The van der Waals surface area contributed by atoms with Crippen molar-refractivity contribution in [2.24, 2.45) is 11.8 Å². The molecule has 0 radical (unpaired) electrons. The summed E-state index contributed by atoms with van der Waals surface area (Å²) in [4.78, 5) is 0. The van der Waals surface area contributed by atoms with Gasteiger partial charge in [-0.2, -0.15) is 0 Å². The molecular formula is C9H12. The first-order valence-corrected chi connectivity index (χ1v) is 3.47. The van der Waals surface area contributed by atoms with Crippen LogP contribution in [-0.2, 0) is 0 Å². The van der Waals surface area contributed by atoms with Crippen molar-refractivity contribution in [1.82, 2.24) is 0 Å². The van der Waals surface area contributed by atoms with Crippen molar-refractivity contribution in [2.75, 3.05) is 0 Å². The minimum absolute atomic E-state index is 0.468. The Hall–Kier alpha value is -0.700. The Balaban J connectivity index is 2.65. The van der Waals surface area contributed by atoms with Gasteiger partial charge in [-0.25, -0.2) is 0 Å². The van der Waals surface area contributed by atoms with Crippen molar-refractivity contribution < 1.29 is 0 Å². The molecule has 0 bridgehead atoms. The molecule has 0 unspecified atom stereocenters. The first-order chi connectivity index (χ1) is 4.29. The summed E-state index contributed by atoms with van der Waals surface area (Å²) in [6, 6.07) is 0. The molecule has 0 heteroatoms. The normalized spacial score (nSPS) is 32.7. The highest BCUT2D eigenvalue weighted by atomic mass is 14.0.